The van der Waals surface area contributed by atoms with Gasteiger partial charge in [0.2, 0.25) is 11.3 Å². The molecule has 3 aliphatic heterocycles. The van der Waals surface area contributed by atoms with Gasteiger partial charge in [0, 0.05) is 31.5 Å². The zero-order chi connectivity index (χ0) is 36.6. The van der Waals surface area contributed by atoms with Crippen molar-refractivity contribution in [2.75, 3.05) is 36.5 Å². The van der Waals surface area contributed by atoms with Gasteiger partial charge in [-0.1, -0.05) is 18.5 Å². The number of anilines is 2. The Labute approximate surface area is 298 Å². The number of aromatic nitrogens is 6. The minimum Gasteiger partial charge on any atom is -0.504 e. The number of ether oxygens (including phenoxy) is 1. The third-order valence-corrected chi connectivity index (χ3v) is 10.8. The lowest BCUT2D eigenvalue weighted by Gasteiger charge is -2.54. The fourth-order valence-corrected chi connectivity index (χ4v) is 8.00. The van der Waals surface area contributed by atoms with Crippen molar-refractivity contribution in [3.8, 4) is 5.75 Å². The zero-order valence-electron chi connectivity index (χ0n) is 28.0. The highest BCUT2D eigenvalue weighted by atomic mass is 35.5. The van der Waals surface area contributed by atoms with Crippen LogP contribution in [0.5, 0.6) is 5.75 Å². The van der Waals surface area contributed by atoms with Crippen LogP contribution in [-0.2, 0) is 15.7 Å². The van der Waals surface area contributed by atoms with Crippen LogP contribution in [0.4, 0.5) is 24.5 Å². The average Bonchev–Trinajstić information content (AvgIpc) is 3.69. The van der Waals surface area contributed by atoms with E-state index in [0.717, 1.165) is 23.9 Å². The first-order valence-corrected chi connectivity index (χ1v) is 17.3. The molecule has 2 amide bonds. The quantitative estimate of drug-likeness (QED) is 0.298. The second-order valence-electron chi connectivity index (χ2n) is 13.5. The van der Waals surface area contributed by atoms with E-state index in [2.05, 4.69) is 20.4 Å². The van der Waals surface area contributed by atoms with Gasteiger partial charge in [0.1, 0.15) is 18.1 Å². The molecular weight excluding hydrogens is 707 g/mol. The lowest BCUT2D eigenvalue weighted by Crippen LogP contribution is -2.67. The third kappa shape index (κ3) is 5.48. The number of piperazine rings is 1. The summed E-state index contributed by atoms with van der Waals surface area (Å²) < 4.78 is 47.1. The van der Waals surface area contributed by atoms with Crippen molar-refractivity contribution in [1.82, 2.24) is 34.4 Å². The molecule has 52 heavy (non-hydrogen) atoms. The van der Waals surface area contributed by atoms with Crippen LogP contribution < -0.4 is 15.6 Å². The molecule has 2 fully saturated rings. The Kier molecular flexibility index (Phi) is 8.24. The summed E-state index contributed by atoms with van der Waals surface area (Å²) in [4.78, 5) is 55.4. The second-order valence-corrected chi connectivity index (χ2v) is 13.9. The van der Waals surface area contributed by atoms with Crippen LogP contribution in [0.2, 0.25) is 5.02 Å². The number of pyridine rings is 1. The van der Waals surface area contributed by atoms with Crippen molar-refractivity contribution in [2.24, 2.45) is 0 Å². The van der Waals surface area contributed by atoms with E-state index in [1.54, 1.807) is 16.4 Å². The largest absolute Gasteiger partial charge is 0.504 e. The molecule has 1 aliphatic carbocycles. The number of nitrogens with zero attached hydrogens (tertiary/aromatic N) is 8. The van der Waals surface area contributed by atoms with E-state index >= 15 is 0 Å². The normalized spacial score (nSPS) is 22.8. The Hall–Kier alpha value is -5.03. The number of carbonyl (C=O) groups excluding carboxylic acids is 2. The summed E-state index contributed by atoms with van der Waals surface area (Å²) in [5.74, 6) is -1.56. The molecular formula is C34H33ClF3N9O5. The molecule has 0 spiro atoms. The number of carbonyl (C=O) groups is 2. The molecule has 272 valence electrons. The molecule has 1 aromatic carbocycles. The number of halogens is 4. The Morgan fingerprint density at radius 3 is 2.60 bits per heavy atom. The van der Waals surface area contributed by atoms with E-state index in [-0.39, 0.29) is 82.0 Å². The Morgan fingerprint density at radius 1 is 1.12 bits per heavy atom. The SMILES string of the molecule is Cc1ncnc(C(=O)N2CCN(c3c4n(c5nn(C6=CCOCC6)nc5c3=O)[C@@H](C(=O)Nc3ccc(C(F)(F)F)cc3Cl)C[C@H]4C)[C@H]3CC[C@@H]32)c1O. The molecule has 1 saturated heterocycles. The molecule has 8 rings (SSSR count). The van der Waals surface area contributed by atoms with Crippen LogP contribution in [0.15, 0.2) is 35.4 Å². The van der Waals surface area contributed by atoms with Gasteiger partial charge >= 0.3 is 6.18 Å². The van der Waals surface area contributed by atoms with Crippen LogP contribution in [-0.4, -0.2) is 89.7 Å². The van der Waals surface area contributed by atoms with Crippen molar-refractivity contribution in [3.63, 3.8) is 0 Å². The smallest absolute Gasteiger partial charge is 0.416 e. The number of aromatic hydroxyl groups is 1. The minimum atomic E-state index is -4.61. The zero-order valence-corrected chi connectivity index (χ0v) is 28.8. The number of hydrogen-bond donors (Lipinski definition) is 2. The van der Waals surface area contributed by atoms with Crippen molar-refractivity contribution < 1.29 is 32.6 Å². The standard InChI is InChI=1S/C34H33ClF3N9O5/c1-16-13-24(32(50)41-21-4-3-18(14-20(21)35)34(36,37)38)46-27(16)28(30(49)25-31(46)43-47(42-25)19-7-11-52-12-8-19)44-9-10-45(23-6-5-22(23)44)33(51)26-29(48)17(2)39-15-40-26/h3-4,7,14-16,22-24,48H,5-6,8-13H2,1-2H3,(H,41,50)/t16-,22+,23+,24-/m1/s1. The lowest BCUT2D eigenvalue weighted by molar-refractivity contribution is -0.137. The first-order valence-electron chi connectivity index (χ1n) is 16.9. The first-order chi connectivity index (χ1) is 24.8. The second kappa shape index (κ2) is 12.6. The van der Waals surface area contributed by atoms with Gasteiger partial charge in [-0.15, -0.1) is 10.2 Å². The molecule has 18 heteroatoms. The number of fused-ring (bicyclic) bond motifs is 4. The van der Waals surface area contributed by atoms with Crippen LogP contribution >= 0.6 is 11.6 Å². The van der Waals surface area contributed by atoms with Gasteiger partial charge in [-0.2, -0.15) is 18.0 Å². The first kappa shape index (κ1) is 34.1. The molecule has 0 radical (unpaired) electrons. The van der Waals surface area contributed by atoms with E-state index in [1.165, 1.54) is 11.1 Å². The van der Waals surface area contributed by atoms with Crippen molar-refractivity contribution in [1.29, 1.82) is 0 Å². The highest BCUT2D eigenvalue weighted by Crippen LogP contribution is 2.46. The highest BCUT2D eigenvalue weighted by Gasteiger charge is 2.49. The molecule has 1 saturated carbocycles. The number of rotatable bonds is 5. The molecule has 3 aromatic heterocycles. The fourth-order valence-electron chi connectivity index (χ4n) is 7.77. The van der Waals surface area contributed by atoms with E-state index < -0.39 is 29.6 Å². The average molecular weight is 740 g/mol. The van der Waals surface area contributed by atoms with Crippen LogP contribution in [0, 0.1) is 6.92 Å². The summed E-state index contributed by atoms with van der Waals surface area (Å²) in [5.41, 5.74) is 0.867. The molecule has 6 heterocycles. The molecule has 4 aromatic rings. The number of aryl methyl sites for hydroxylation is 1. The van der Waals surface area contributed by atoms with Gasteiger partial charge in [-0.05, 0) is 50.5 Å². The van der Waals surface area contributed by atoms with Gasteiger partial charge in [0.15, 0.2) is 22.6 Å². The minimum absolute atomic E-state index is 0.0114. The number of benzene rings is 1. The predicted octanol–water partition coefficient (Wildman–Crippen LogP) is 4.51. The summed E-state index contributed by atoms with van der Waals surface area (Å²) >= 11 is 6.21. The van der Waals surface area contributed by atoms with Gasteiger partial charge in [-0.25, -0.2) is 9.97 Å². The molecule has 14 nitrogen and oxygen atoms in total. The molecule has 0 unspecified atom stereocenters. The van der Waals surface area contributed by atoms with Crippen molar-refractivity contribution in [3.05, 3.63) is 68.5 Å². The monoisotopic (exact) mass is 739 g/mol. The molecule has 2 N–H and O–H groups in total. The van der Waals surface area contributed by atoms with E-state index in [0.29, 0.717) is 43.9 Å². The molecule has 0 bridgehead atoms. The summed E-state index contributed by atoms with van der Waals surface area (Å²) in [6, 6.07) is 1.30. The Balaban J connectivity index is 1.20. The molecule has 4 atom stereocenters. The Morgan fingerprint density at radius 2 is 1.90 bits per heavy atom. The summed E-state index contributed by atoms with van der Waals surface area (Å²) in [6.45, 7) is 4.81. The van der Waals surface area contributed by atoms with Crippen molar-refractivity contribution in [2.45, 2.75) is 69.8 Å². The molecule has 4 aliphatic rings. The predicted molar refractivity (Wildman–Crippen MR) is 182 cm³/mol. The Bertz CT molecular complexity index is 2240. The maximum Gasteiger partial charge on any atom is 0.416 e. The highest BCUT2D eigenvalue weighted by molar-refractivity contribution is 6.33. The number of hydrogen-bond acceptors (Lipinski definition) is 10. The van der Waals surface area contributed by atoms with E-state index in [9.17, 15) is 32.7 Å². The van der Waals surface area contributed by atoms with Crippen LogP contribution in [0.3, 0.4) is 0 Å². The number of alkyl halides is 3. The summed E-state index contributed by atoms with van der Waals surface area (Å²) in [6.07, 6.45) is 0.569. The summed E-state index contributed by atoms with van der Waals surface area (Å²) in [5, 5.41) is 22.3. The van der Waals surface area contributed by atoms with Gasteiger partial charge in [0.25, 0.3) is 5.91 Å². The van der Waals surface area contributed by atoms with Crippen LogP contribution in [0.1, 0.15) is 72.0 Å². The number of nitrogens with one attached hydrogen (secondary N) is 1. The van der Waals surface area contributed by atoms with Crippen LogP contribution in [0.25, 0.3) is 16.9 Å². The van der Waals surface area contributed by atoms with E-state index in [4.69, 9.17) is 21.4 Å². The topological polar surface area (TPSA) is 161 Å². The lowest BCUT2D eigenvalue weighted by atomic mass is 9.81. The van der Waals surface area contributed by atoms with E-state index in [1.807, 2.05) is 17.9 Å². The number of amides is 2. The van der Waals surface area contributed by atoms with Gasteiger partial charge in [0.05, 0.1) is 52.6 Å². The maximum absolute atomic E-state index is 14.6. The van der Waals surface area contributed by atoms with Gasteiger partial charge < -0.3 is 29.5 Å². The van der Waals surface area contributed by atoms with Crippen molar-refractivity contribution >= 4 is 51.7 Å². The summed E-state index contributed by atoms with van der Waals surface area (Å²) in [7, 11) is 0. The fraction of sp³-hybridized carbons (Fsp3) is 0.441. The maximum atomic E-state index is 14.6. The van der Waals surface area contributed by atoms with Gasteiger partial charge in [-0.3, -0.25) is 14.4 Å². The third-order valence-electron chi connectivity index (χ3n) is 10.5.